The summed E-state index contributed by atoms with van der Waals surface area (Å²) in [5, 5.41) is 16.1. The normalized spacial score (nSPS) is 12.7. The summed E-state index contributed by atoms with van der Waals surface area (Å²) in [4.78, 5) is 39.1. The van der Waals surface area contributed by atoms with Gasteiger partial charge in [-0.2, -0.15) is 0 Å². The fraction of sp³-hybridized carbons (Fsp3) is 0.368. The first-order valence-corrected chi connectivity index (χ1v) is 12.5. The van der Waals surface area contributed by atoms with Crippen LogP contribution >= 0.6 is 15.2 Å². The van der Waals surface area contributed by atoms with Crippen LogP contribution < -0.4 is 4.74 Å². The van der Waals surface area contributed by atoms with Gasteiger partial charge in [-0.05, 0) is 55.2 Å². The molecule has 0 bridgehead atoms. The van der Waals surface area contributed by atoms with Crippen LogP contribution in [0, 0.1) is 0 Å². The van der Waals surface area contributed by atoms with Gasteiger partial charge >= 0.3 is 20.3 Å². The number of aromatic hydroxyl groups is 2. The standard InChI is InChI=1S/C19H26O9P2/c20-16-10-12-17(13-11-16)28-19(29(22,23)24,30(25,26)27)14-6-2-1-3-7-15-8-4-5-9-18(15)21/h4-5,8-13,20-21H,1-3,6-7,14H2,(H2,22,23,24)(H2,25,26,27). The summed E-state index contributed by atoms with van der Waals surface area (Å²) in [5.74, 6) is -0.120. The van der Waals surface area contributed by atoms with Crippen molar-refractivity contribution in [3.8, 4) is 17.2 Å². The van der Waals surface area contributed by atoms with Crippen molar-refractivity contribution in [2.75, 3.05) is 0 Å². The highest BCUT2D eigenvalue weighted by Crippen LogP contribution is 2.71. The quantitative estimate of drug-likeness (QED) is 0.217. The van der Waals surface area contributed by atoms with E-state index in [2.05, 4.69) is 0 Å². The fourth-order valence-electron chi connectivity index (χ4n) is 3.08. The monoisotopic (exact) mass is 460 g/mol. The molecule has 0 heterocycles. The molecule has 0 aliphatic carbocycles. The number of hydrogen-bond donors (Lipinski definition) is 6. The van der Waals surface area contributed by atoms with E-state index in [0.717, 1.165) is 5.56 Å². The highest BCUT2D eigenvalue weighted by Gasteiger charge is 2.62. The molecule has 2 aromatic carbocycles. The highest BCUT2D eigenvalue weighted by molar-refractivity contribution is 7.72. The predicted molar refractivity (Wildman–Crippen MR) is 110 cm³/mol. The maximum absolute atomic E-state index is 12.1. The lowest BCUT2D eigenvalue weighted by Crippen LogP contribution is -2.36. The molecule has 0 saturated heterocycles. The predicted octanol–water partition coefficient (Wildman–Crippen LogP) is 3.68. The van der Waals surface area contributed by atoms with E-state index in [1.54, 1.807) is 18.2 Å². The summed E-state index contributed by atoms with van der Waals surface area (Å²) >= 11 is 0. The number of rotatable bonds is 11. The van der Waals surface area contributed by atoms with E-state index >= 15 is 0 Å². The number of unbranched alkanes of at least 4 members (excludes halogenated alkanes) is 3. The number of benzene rings is 2. The van der Waals surface area contributed by atoms with Crippen LogP contribution in [0.1, 0.15) is 37.7 Å². The number of para-hydroxylation sites is 1. The maximum atomic E-state index is 12.1. The molecule has 0 radical (unpaired) electrons. The first-order chi connectivity index (χ1) is 14.0. The Morgan fingerprint density at radius 3 is 1.90 bits per heavy atom. The summed E-state index contributed by atoms with van der Waals surface area (Å²) in [5.41, 5.74) is 0.785. The first kappa shape index (κ1) is 24.4. The summed E-state index contributed by atoms with van der Waals surface area (Å²) in [6.07, 6.45) is 1.93. The Labute approximate surface area is 174 Å². The number of hydrogen-bond acceptors (Lipinski definition) is 5. The minimum atomic E-state index is -5.40. The van der Waals surface area contributed by atoms with Gasteiger partial charge in [0.2, 0.25) is 0 Å². The van der Waals surface area contributed by atoms with Crippen LogP contribution in [0.3, 0.4) is 0 Å². The van der Waals surface area contributed by atoms with E-state index in [1.165, 1.54) is 24.3 Å². The zero-order chi connectivity index (χ0) is 22.4. The van der Waals surface area contributed by atoms with Crippen LogP contribution in [-0.2, 0) is 15.6 Å². The largest absolute Gasteiger partial charge is 0.508 e. The molecule has 0 unspecified atom stereocenters. The Bertz CT molecular complexity index is 896. The van der Waals surface area contributed by atoms with Crippen LogP contribution in [0.25, 0.3) is 0 Å². The third kappa shape index (κ3) is 6.08. The van der Waals surface area contributed by atoms with Crippen molar-refractivity contribution in [1.82, 2.24) is 0 Å². The van der Waals surface area contributed by atoms with E-state index in [-0.39, 0.29) is 23.7 Å². The molecule has 11 heteroatoms. The van der Waals surface area contributed by atoms with Crippen LogP contribution in [0.5, 0.6) is 17.2 Å². The van der Waals surface area contributed by atoms with Gasteiger partial charge in [-0.25, -0.2) is 0 Å². The molecule has 0 fully saturated rings. The van der Waals surface area contributed by atoms with Crippen molar-refractivity contribution in [3.05, 3.63) is 54.1 Å². The molecular weight excluding hydrogens is 434 g/mol. The minimum absolute atomic E-state index is 0.106. The van der Waals surface area contributed by atoms with Gasteiger partial charge in [0.25, 0.3) is 0 Å². The third-order valence-electron chi connectivity index (χ3n) is 4.72. The van der Waals surface area contributed by atoms with Crippen molar-refractivity contribution in [2.24, 2.45) is 0 Å². The van der Waals surface area contributed by atoms with Gasteiger partial charge in [0.1, 0.15) is 17.2 Å². The van der Waals surface area contributed by atoms with Gasteiger partial charge in [0, 0.05) is 6.42 Å². The molecule has 2 aromatic rings. The number of ether oxygens (including phenoxy) is 1. The number of aryl methyl sites for hydroxylation is 1. The molecular formula is C19H26O9P2. The van der Waals surface area contributed by atoms with Crippen molar-refractivity contribution in [2.45, 2.75) is 43.6 Å². The lowest BCUT2D eigenvalue weighted by molar-refractivity contribution is 0.141. The fourth-order valence-corrected chi connectivity index (χ4v) is 5.79. The summed E-state index contributed by atoms with van der Waals surface area (Å²) in [7, 11) is -10.8. The molecule has 30 heavy (non-hydrogen) atoms. The van der Waals surface area contributed by atoms with Crippen molar-refractivity contribution < 1.29 is 43.7 Å². The molecule has 0 spiro atoms. The highest BCUT2D eigenvalue weighted by atomic mass is 31.2. The average molecular weight is 460 g/mol. The maximum Gasteiger partial charge on any atom is 0.381 e. The lowest BCUT2D eigenvalue weighted by Gasteiger charge is -2.34. The number of phenolic OH excluding ortho intramolecular Hbond substituents is 2. The molecule has 6 N–H and O–H groups in total. The van der Waals surface area contributed by atoms with Crippen LogP contribution in [-0.4, -0.2) is 34.9 Å². The van der Waals surface area contributed by atoms with E-state index in [1.807, 2.05) is 6.07 Å². The second kappa shape index (κ2) is 9.96. The van der Waals surface area contributed by atoms with Crippen LogP contribution in [0.15, 0.2) is 48.5 Å². The molecule has 9 nitrogen and oxygen atoms in total. The summed E-state index contributed by atoms with van der Waals surface area (Å²) < 4.78 is 29.4. The molecule has 2 rings (SSSR count). The third-order valence-corrected chi connectivity index (χ3v) is 8.73. The zero-order valence-corrected chi connectivity index (χ0v) is 18.0. The van der Waals surface area contributed by atoms with E-state index in [4.69, 9.17) is 4.74 Å². The average Bonchev–Trinajstić information content (AvgIpc) is 2.64. The SMILES string of the molecule is O=P(O)(O)C(CCCCCCc1ccccc1O)(Oc1ccc(O)cc1)P(=O)(O)O. The second-order valence-electron chi connectivity index (χ2n) is 6.97. The van der Waals surface area contributed by atoms with Gasteiger partial charge in [-0.1, -0.05) is 31.0 Å². The van der Waals surface area contributed by atoms with Crippen molar-refractivity contribution in [1.29, 1.82) is 0 Å². The zero-order valence-electron chi connectivity index (χ0n) is 16.2. The minimum Gasteiger partial charge on any atom is -0.508 e. The van der Waals surface area contributed by atoms with E-state index < -0.39 is 26.7 Å². The molecule has 0 atom stereocenters. The van der Waals surface area contributed by atoms with Crippen molar-refractivity contribution in [3.63, 3.8) is 0 Å². The lowest BCUT2D eigenvalue weighted by atomic mass is 10.0. The summed E-state index contributed by atoms with van der Waals surface area (Å²) in [6, 6.07) is 11.6. The first-order valence-electron chi connectivity index (χ1n) is 9.32. The van der Waals surface area contributed by atoms with Crippen molar-refractivity contribution >= 4 is 15.2 Å². The van der Waals surface area contributed by atoms with E-state index in [9.17, 15) is 38.9 Å². The van der Waals surface area contributed by atoms with Crippen LogP contribution in [0.4, 0.5) is 0 Å². The van der Waals surface area contributed by atoms with E-state index in [0.29, 0.717) is 25.7 Å². The Morgan fingerprint density at radius 1 is 0.767 bits per heavy atom. The Kier molecular flexibility index (Phi) is 8.11. The van der Waals surface area contributed by atoms with Crippen LogP contribution in [0.2, 0.25) is 0 Å². The molecule has 0 aliphatic heterocycles. The second-order valence-corrected chi connectivity index (χ2v) is 10.9. The van der Waals surface area contributed by atoms with Gasteiger partial charge in [-0.15, -0.1) is 0 Å². The molecule has 0 aliphatic rings. The smallest absolute Gasteiger partial charge is 0.381 e. The molecule has 0 amide bonds. The Morgan fingerprint density at radius 2 is 1.33 bits per heavy atom. The molecule has 0 aromatic heterocycles. The van der Waals surface area contributed by atoms with Gasteiger partial charge in [-0.3, -0.25) is 9.13 Å². The summed E-state index contributed by atoms with van der Waals surface area (Å²) in [6.45, 7) is 0. The van der Waals surface area contributed by atoms with Gasteiger partial charge in [0.15, 0.2) is 0 Å². The van der Waals surface area contributed by atoms with Gasteiger partial charge in [0.05, 0.1) is 0 Å². The van der Waals surface area contributed by atoms with Gasteiger partial charge < -0.3 is 34.5 Å². The Hall–Kier alpha value is -1.86. The molecule has 0 saturated carbocycles. The topological polar surface area (TPSA) is 165 Å². The number of phenols is 2. The molecule has 166 valence electrons. The Balaban J connectivity index is 2.04.